The van der Waals surface area contributed by atoms with Gasteiger partial charge in [-0.05, 0) is 59.4 Å². The summed E-state index contributed by atoms with van der Waals surface area (Å²) in [4.78, 5) is 25.9. The van der Waals surface area contributed by atoms with E-state index >= 15 is 0 Å². The van der Waals surface area contributed by atoms with E-state index in [2.05, 4.69) is 48.5 Å². The predicted octanol–water partition coefficient (Wildman–Crippen LogP) is 6.37. The van der Waals surface area contributed by atoms with Crippen LogP contribution < -0.4 is 0 Å². The van der Waals surface area contributed by atoms with Crippen molar-refractivity contribution in [3.05, 3.63) is 96.1 Å². The summed E-state index contributed by atoms with van der Waals surface area (Å²) >= 11 is 1.34. The smallest absolute Gasteiger partial charge is 0.319 e. The Morgan fingerprint density at radius 1 is 0.629 bits per heavy atom. The molecule has 0 N–H and O–H groups in total. The summed E-state index contributed by atoms with van der Waals surface area (Å²) in [6, 6.07) is 28.7. The lowest BCUT2D eigenvalue weighted by atomic mass is 10.0. The van der Waals surface area contributed by atoms with Crippen LogP contribution in [0.2, 0.25) is 0 Å². The molecular weight excluding hydrogens is 456 g/mol. The van der Waals surface area contributed by atoms with Gasteiger partial charge in [0.1, 0.15) is 10.5 Å². The maximum atomic E-state index is 13.0. The lowest BCUT2D eigenvalue weighted by molar-refractivity contribution is -0.142. The Morgan fingerprint density at radius 2 is 1.03 bits per heavy atom. The maximum absolute atomic E-state index is 13.0. The van der Waals surface area contributed by atoms with Gasteiger partial charge in [0.25, 0.3) is 0 Å². The first-order chi connectivity index (χ1) is 17.1. The molecule has 0 fully saturated rings. The first kappa shape index (κ1) is 24.8. The Kier molecular flexibility index (Phi) is 8.43. The number of carbonyl (C=O) groups excluding carboxylic acids is 2. The zero-order valence-electron chi connectivity index (χ0n) is 20.1. The first-order valence-corrected chi connectivity index (χ1v) is 13.0. The monoisotopic (exact) mass is 486 g/mol. The van der Waals surface area contributed by atoms with Crippen molar-refractivity contribution in [1.82, 2.24) is 0 Å². The number of benzene rings is 4. The molecular formula is C30H30O4S. The number of hydrogen-bond donors (Lipinski definition) is 0. The Labute approximate surface area is 210 Å². The molecule has 4 rings (SSSR count). The van der Waals surface area contributed by atoms with E-state index in [-0.39, 0.29) is 11.9 Å². The molecule has 2 atom stereocenters. The van der Waals surface area contributed by atoms with Crippen molar-refractivity contribution in [1.29, 1.82) is 0 Å². The van der Waals surface area contributed by atoms with E-state index in [1.807, 2.05) is 36.4 Å². The maximum Gasteiger partial charge on any atom is 0.319 e. The predicted molar refractivity (Wildman–Crippen MR) is 144 cm³/mol. The van der Waals surface area contributed by atoms with E-state index in [9.17, 15) is 9.59 Å². The SMILES string of the molecule is CCOC(=O)C(Cc1ccc2ccccc2c1)SC(Cc1ccc2ccccc2c1)C(=O)OCC. The number of fused-ring (bicyclic) bond motifs is 2. The second kappa shape index (κ2) is 11.9. The molecule has 0 radical (unpaired) electrons. The van der Waals surface area contributed by atoms with E-state index < -0.39 is 10.5 Å². The Morgan fingerprint density at radius 3 is 1.43 bits per heavy atom. The van der Waals surface area contributed by atoms with Gasteiger partial charge in [-0.1, -0.05) is 84.9 Å². The van der Waals surface area contributed by atoms with Gasteiger partial charge in [0, 0.05) is 0 Å². The molecule has 4 aromatic carbocycles. The largest absolute Gasteiger partial charge is 0.465 e. The molecule has 0 aromatic heterocycles. The molecule has 0 saturated heterocycles. The number of ether oxygens (including phenoxy) is 2. The highest BCUT2D eigenvalue weighted by molar-refractivity contribution is 8.01. The number of hydrogen-bond acceptors (Lipinski definition) is 5. The van der Waals surface area contributed by atoms with E-state index in [4.69, 9.17) is 9.47 Å². The Hall–Kier alpha value is -3.31. The average molecular weight is 487 g/mol. The summed E-state index contributed by atoms with van der Waals surface area (Å²) in [7, 11) is 0. The zero-order valence-corrected chi connectivity index (χ0v) is 20.9. The normalized spacial score (nSPS) is 12.9. The number of esters is 2. The van der Waals surface area contributed by atoms with Crippen LogP contribution in [0.1, 0.15) is 25.0 Å². The quantitative estimate of drug-likeness (QED) is 0.244. The van der Waals surface area contributed by atoms with Crippen LogP contribution in [-0.4, -0.2) is 35.7 Å². The van der Waals surface area contributed by atoms with Crippen LogP contribution in [0.15, 0.2) is 84.9 Å². The van der Waals surface area contributed by atoms with Gasteiger partial charge in [-0.25, -0.2) is 0 Å². The van der Waals surface area contributed by atoms with Crippen molar-refractivity contribution in [2.75, 3.05) is 13.2 Å². The summed E-state index contributed by atoms with van der Waals surface area (Å²) in [5.41, 5.74) is 2.06. The molecule has 4 aromatic rings. The minimum absolute atomic E-state index is 0.294. The van der Waals surface area contributed by atoms with Gasteiger partial charge in [-0.3, -0.25) is 9.59 Å². The minimum atomic E-state index is -0.522. The number of rotatable bonds is 10. The fraction of sp³-hybridized carbons (Fsp3) is 0.267. The van der Waals surface area contributed by atoms with Crippen LogP contribution >= 0.6 is 11.8 Å². The van der Waals surface area contributed by atoms with Gasteiger partial charge < -0.3 is 9.47 Å². The minimum Gasteiger partial charge on any atom is -0.465 e. The van der Waals surface area contributed by atoms with Crippen molar-refractivity contribution in [2.24, 2.45) is 0 Å². The van der Waals surface area contributed by atoms with E-state index in [0.29, 0.717) is 26.1 Å². The molecule has 4 nitrogen and oxygen atoms in total. The van der Waals surface area contributed by atoms with Crippen LogP contribution in [-0.2, 0) is 31.9 Å². The second-order valence-electron chi connectivity index (χ2n) is 8.39. The standard InChI is InChI=1S/C30H30O4S/c1-3-33-29(31)27(19-21-13-15-23-9-5-7-11-25(23)17-21)35-28(30(32)34-4-2)20-22-14-16-24-10-6-8-12-26(24)18-22/h5-18,27-28H,3-4,19-20H2,1-2H3. The summed E-state index contributed by atoms with van der Waals surface area (Å²) in [5, 5.41) is 3.50. The molecule has 0 aliphatic heterocycles. The van der Waals surface area contributed by atoms with E-state index in [0.717, 1.165) is 32.7 Å². The van der Waals surface area contributed by atoms with Gasteiger partial charge in [0.2, 0.25) is 0 Å². The first-order valence-electron chi connectivity index (χ1n) is 12.0. The van der Waals surface area contributed by atoms with Gasteiger partial charge in [-0.15, -0.1) is 11.8 Å². The summed E-state index contributed by atoms with van der Waals surface area (Å²) < 4.78 is 10.8. The van der Waals surface area contributed by atoms with Crippen molar-refractivity contribution in [3.8, 4) is 0 Å². The summed E-state index contributed by atoms with van der Waals surface area (Å²) in [6.45, 7) is 4.19. The third-order valence-corrected chi connectivity index (χ3v) is 7.27. The van der Waals surface area contributed by atoms with Crippen LogP contribution in [0.25, 0.3) is 21.5 Å². The van der Waals surface area contributed by atoms with Gasteiger partial charge >= 0.3 is 11.9 Å². The van der Waals surface area contributed by atoms with Gasteiger partial charge in [0.15, 0.2) is 0 Å². The molecule has 0 spiro atoms. The molecule has 2 unspecified atom stereocenters. The fourth-order valence-electron chi connectivity index (χ4n) is 4.20. The molecule has 35 heavy (non-hydrogen) atoms. The second-order valence-corrected chi connectivity index (χ2v) is 9.80. The Bertz CT molecular complexity index is 1210. The summed E-state index contributed by atoms with van der Waals surface area (Å²) in [6.07, 6.45) is 0.948. The third kappa shape index (κ3) is 6.43. The highest BCUT2D eigenvalue weighted by Gasteiger charge is 2.30. The molecule has 0 aliphatic carbocycles. The number of carbonyl (C=O) groups is 2. The van der Waals surface area contributed by atoms with Crippen molar-refractivity contribution >= 4 is 45.2 Å². The van der Waals surface area contributed by atoms with Crippen LogP contribution in [0, 0.1) is 0 Å². The molecule has 0 amide bonds. The molecule has 5 heteroatoms. The van der Waals surface area contributed by atoms with Crippen LogP contribution in [0.5, 0.6) is 0 Å². The van der Waals surface area contributed by atoms with Gasteiger partial charge in [0.05, 0.1) is 13.2 Å². The zero-order chi connectivity index (χ0) is 24.6. The number of thioether (sulfide) groups is 1. The average Bonchev–Trinajstić information content (AvgIpc) is 2.88. The lowest BCUT2D eigenvalue weighted by Gasteiger charge is -2.22. The molecule has 0 saturated carbocycles. The van der Waals surface area contributed by atoms with Crippen LogP contribution in [0.3, 0.4) is 0 Å². The molecule has 180 valence electrons. The van der Waals surface area contributed by atoms with Crippen molar-refractivity contribution in [2.45, 2.75) is 37.2 Å². The highest BCUT2D eigenvalue weighted by atomic mass is 32.2. The molecule has 0 bridgehead atoms. The van der Waals surface area contributed by atoms with E-state index in [1.165, 1.54) is 11.8 Å². The molecule has 0 aliphatic rings. The van der Waals surface area contributed by atoms with Crippen molar-refractivity contribution < 1.29 is 19.1 Å². The topological polar surface area (TPSA) is 52.6 Å². The van der Waals surface area contributed by atoms with E-state index in [1.54, 1.807) is 13.8 Å². The third-order valence-electron chi connectivity index (χ3n) is 5.90. The molecule has 0 heterocycles. The summed E-state index contributed by atoms with van der Waals surface area (Å²) in [5.74, 6) is -0.614. The van der Waals surface area contributed by atoms with Gasteiger partial charge in [-0.2, -0.15) is 0 Å². The Balaban J connectivity index is 1.59. The fourth-order valence-corrected chi connectivity index (χ4v) is 5.53. The van der Waals surface area contributed by atoms with Crippen LogP contribution in [0.4, 0.5) is 0 Å². The van der Waals surface area contributed by atoms with Crippen molar-refractivity contribution in [3.63, 3.8) is 0 Å². The highest BCUT2D eigenvalue weighted by Crippen LogP contribution is 2.29. The lowest BCUT2D eigenvalue weighted by Crippen LogP contribution is -2.31.